The molecule has 18 heavy (non-hydrogen) atoms. The molecule has 1 saturated carbocycles. The molecule has 4 heteroatoms. The molecule has 2 aliphatic rings. The summed E-state index contributed by atoms with van der Waals surface area (Å²) < 4.78 is 0. The van der Waals surface area contributed by atoms with E-state index in [0.717, 1.165) is 6.42 Å². The lowest BCUT2D eigenvalue weighted by atomic mass is 10.1. The number of hydrogen-bond acceptors (Lipinski definition) is 3. The van der Waals surface area contributed by atoms with Crippen molar-refractivity contribution in [2.45, 2.75) is 19.3 Å². The Labute approximate surface area is 105 Å². The molecule has 1 aromatic carbocycles. The van der Waals surface area contributed by atoms with Crippen molar-refractivity contribution in [2.75, 3.05) is 6.54 Å². The number of amides is 2. The molecule has 1 atom stereocenters. The minimum absolute atomic E-state index is 0.139. The van der Waals surface area contributed by atoms with Crippen LogP contribution in [0, 0.1) is 5.92 Å². The van der Waals surface area contributed by atoms with Crippen molar-refractivity contribution in [1.29, 1.82) is 0 Å². The molecular weight excluding hydrogens is 230 g/mol. The van der Waals surface area contributed by atoms with Crippen molar-refractivity contribution < 1.29 is 14.4 Å². The van der Waals surface area contributed by atoms with Crippen molar-refractivity contribution in [3.63, 3.8) is 0 Å². The molecule has 0 radical (unpaired) electrons. The van der Waals surface area contributed by atoms with Crippen molar-refractivity contribution in [2.24, 2.45) is 5.92 Å². The lowest BCUT2D eigenvalue weighted by Gasteiger charge is -2.17. The standard InChI is InChI=1S/C14H13NO3/c16-10-6-5-9(7-10)8-15-13(17)11-3-1-2-4-12(11)14(15)18/h1-4,9H,5-8H2. The summed E-state index contributed by atoms with van der Waals surface area (Å²) in [5, 5.41) is 0. The molecule has 1 aromatic rings. The Morgan fingerprint density at radius 2 is 1.67 bits per heavy atom. The average molecular weight is 243 g/mol. The number of fused-ring (bicyclic) bond motifs is 1. The molecule has 0 N–H and O–H groups in total. The van der Waals surface area contributed by atoms with E-state index in [2.05, 4.69) is 0 Å². The van der Waals surface area contributed by atoms with Gasteiger partial charge in [0.05, 0.1) is 11.1 Å². The maximum Gasteiger partial charge on any atom is 0.261 e. The minimum Gasteiger partial charge on any atom is -0.300 e. The predicted octanol–water partition coefficient (Wildman–Crippen LogP) is 1.65. The first-order valence-electron chi connectivity index (χ1n) is 6.14. The van der Waals surface area contributed by atoms with Gasteiger partial charge in [-0.05, 0) is 24.5 Å². The zero-order valence-electron chi connectivity index (χ0n) is 9.89. The topological polar surface area (TPSA) is 54.5 Å². The summed E-state index contributed by atoms with van der Waals surface area (Å²) in [4.78, 5) is 36.7. The van der Waals surface area contributed by atoms with Crippen LogP contribution in [0.4, 0.5) is 0 Å². The Balaban J connectivity index is 1.82. The third-order valence-electron chi connectivity index (χ3n) is 3.67. The van der Waals surface area contributed by atoms with E-state index >= 15 is 0 Å². The van der Waals surface area contributed by atoms with Gasteiger partial charge in [0, 0.05) is 19.4 Å². The van der Waals surface area contributed by atoms with Gasteiger partial charge in [-0.25, -0.2) is 0 Å². The molecule has 1 fully saturated rings. The molecule has 0 saturated heterocycles. The number of carbonyl (C=O) groups excluding carboxylic acids is 3. The molecule has 1 aliphatic heterocycles. The predicted molar refractivity (Wildman–Crippen MR) is 64.2 cm³/mol. The largest absolute Gasteiger partial charge is 0.300 e. The van der Waals surface area contributed by atoms with E-state index in [1.54, 1.807) is 24.3 Å². The minimum atomic E-state index is -0.227. The van der Waals surface area contributed by atoms with Gasteiger partial charge in [0.1, 0.15) is 5.78 Å². The summed E-state index contributed by atoms with van der Waals surface area (Å²) in [5.74, 6) is -0.0822. The van der Waals surface area contributed by atoms with Crippen LogP contribution in [0.5, 0.6) is 0 Å². The van der Waals surface area contributed by atoms with E-state index < -0.39 is 0 Å². The summed E-state index contributed by atoms with van der Waals surface area (Å²) in [6.45, 7) is 0.373. The third kappa shape index (κ3) is 1.65. The van der Waals surface area contributed by atoms with Gasteiger partial charge in [0.15, 0.2) is 0 Å². The summed E-state index contributed by atoms with van der Waals surface area (Å²) in [7, 11) is 0. The van der Waals surface area contributed by atoms with Crippen LogP contribution in [0.15, 0.2) is 24.3 Å². The second-order valence-electron chi connectivity index (χ2n) is 4.91. The second kappa shape index (κ2) is 4.05. The van der Waals surface area contributed by atoms with Crippen molar-refractivity contribution in [3.8, 4) is 0 Å². The highest BCUT2D eigenvalue weighted by Gasteiger charge is 2.37. The number of carbonyl (C=O) groups is 3. The fourth-order valence-corrected chi connectivity index (χ4v) is 2.71. The quantitative estimate of drug-likeness (QED) is 0.742. The molecule has 0 bridgehead atoms. The molecule has 92 valence electrons. The van der Waals surface area contributed by atoms with Crippen molar-refractivity contribution >= 4 is 17.6 Å². The van der Waals surface area contributed by atoms with Gasteiger partial charge in [0.25, 0.3) is 11.8 Å². The summed E-state index contributed by atoms with van der Waals surface area (Å²) in [6, 6.07) is 6.87. The Hall–Kier alpha value is -1.97. The second-order valence-corrected chi connectivity index (χ2v) is 4.91. The van der Waals surface area contributed by atoms with E-state index in [9.17, 15) is 14.4 Å². The molecule has 1 unspecified atom stereocenters. The first-order valence-corrected chi connectivity index (χ1v) is 6.14. The van der Waals surface area contributed by atoms with Crippen molar-refractivity contribution in [3.05, 3.63) is 35.4 Å². The van der Waals surface area contributed by atoms with Crippen molar-refractivity contribution in [1.82, 2.24) is 4.90 Å². The number of ketones is 1. The first-order chi connectivity index (χ1) is 8.66. The molecule has 1 heterocycles. The van der Waals surface area contributed by atoms with Crippen LogP contribution in [-0.2, 0) is 4.79 Å². The normalized spacial score (nSPS) is 22.8. The molecule has 1 aliphatic carbocycles. The van der Waals surface area contributed by atoms with Crippen LogP contribution < -0.4 is 0 Å². The Bertz CT molecular complexity index is 515. The van der Waals surface area contributed by atoms with Gasteiger partial charge in [0.2, 0.25) is 0 Å². The monoisotopic (exact) mass is 243 g/mol. The van der Waals surface area contributed by atoms with Gasteiger partial charge in [-0.3, -0.25) is 19.3 Å². The number of rotatable bonds is 2. The molecule has 0 spiro atoms. The summed E-state index contributed by atoms with van der Waals surface area (Å²) in [6.07, 6.45) is 1.85. The summed E-state index contributed by atoms with van der Waals surface area (Å²) >= 11 is 0. The maximum absolute atomic E-state index is 12.1. The van der Waals surface area contributed by atoms with Crippen LogP contribution >= 0.6 is 0 Å². The zero-order chi connectivity index (χ0) is 12.7. The van der Waals surface area contributed by atoms with Crippen LogP contribution in [0.1, 0.15) is 40.0 Å². The lowest BCUT2D eigenvalue weighted by molar-refractivity contribution is -0.117. The van der Waals surface area contributed by atoms with E-state index in [4.69, 9.17) is 0 Å². The molecule has 4 nitrogen and oxygen atoms in total. The number of hydrogen-bond donors (Lipinski definition) is 0. The smallest absolute Gasteiger partial charge is 0.261 e. The highest BCUT2D eigenvalue weighted by Crippen LogP contribution is 2.28. The van der Waals surface area contributed by atoms with Gasteiger partial charge in [-0.15, -0.1) is 0 Å². The van der Waals surface area contributed by atoms with Crippen LogP contribution in [0.25, 0.3) is 0 Å². The van der Waals surface area contributed by atoms with Gasteiger partial charge >= 0.3 is 0 Å². The first kappa shape index (κ1) is 11.1. The number of benzene rings is 1. The number of Topliss-reactive ketones (excluding diaryl/α,β-unsaturated/α-hetero) is 1. The summed E-state index contributed by atoms with van der Waals surface area (Å²) in [5.41, 5.74) is 0.957. The van der Waals surface area contributed by atoms with Gasteiger partial charge < -0.3 is 0 Å². The lowest BCUT2D eigenvalue weighted by Crippen LogP contribution is -2.34. The molecule has 2 amide bonds. The van der Waals surface area contributed by atoms with Gasteiger partial charge in [-0.1, -0.05) is 12.1 Å². The van der Waals surface area contributed by atoms with E-state index in [0.29, 0.717) is 30.5 Å². The number of nitrogens with zero attached hydrogens (tertiary/aromatic N) is 1. The molecular formula is C14H13NO3. The SMILES string of the molecule is O=C1CCC(CN2C(=O)c3ccccc3C2=O)C1. The van der Waals surface area contributed by atoms with E-state index in [1.165, 1.54) is 4.90 Å². The van der Waals surface area contributed by atoms with Crippen LogP contribution in [-0.4, -0.2) is 29.0 Å². The molecule has 0 aromatic heterocycles. The maximum atomic E-state index is 12.1. The molecule has 3 rings (SSSR count). The van der Waals surface area contributed by atoms with Crippen LogP contribution in [0.3, 0.4) is 0 Å². The van der Waals surface area contributed by atoms with Gasteiger partial charge in [-0.2, -0.15) is 0 Å². The number of imide groups is 1. The highest BCUT2D eigenvalue weighted by atomic mass is 16.2. The Morgan fingerprint density at radius 3 is 2.17 bits per heavy atom. The average Bonchev–Trinajstić information content (AvgIpc) is 2.88. The Kier molecular flexibility index (Phi) is 2.51. The van der Waals surface area contributed by atoms with Crippen LogP contribution in [0.2, 0.25) is 0 Å². The fourth-order valence-electron chi connectivity index (χ4n) is 2.71. The van der Waals surface area contributed by atoms with E-state index in [1.807, 2.05) is 0 Å². The highest BCUT2D eigenvalue weighted by molar-refractivity contribution is 6.21. The fraction of sp³-hybridized carbons (Fsp3) is 0.357. The third-order valence-corrected chi connectivity index (χ3v) is 3.67. The Morgan fingerprint density at radius 1 is 1.06 bits per heavy atom. The zero-order valence-corrected chi connectivity index (χ0v) is 9.89. The van der Waals surface area contributed by atoms with E-state index in [-0.39, 0.29) is 23.5 Å².